The Morgan fingerprint density at radius 3 is 2.57 bits per heavy atom. The van der Waals surface area contributed by atoms with Gasteiger partial charge >= 0.3 is 5.97 Å². The molecule has 0 spiro atoms. The molecule has 0 saturated carbocycles. The molecule has 3 aromatic rings. The summed E-state index contributed by atoms with van der Waals surface area (Å²) in [6, 6.07) is 22.4. The number of hydrogen-bond acceptors (Lipinski definition) is 6. The fourth-order valence-corrected chi connectivity index (χ4v) is 4.15. The van der Waals surface area contributed by atoms with Crippen LogP contribution in [0.1, 0.15) is 42.4 Å². The van der Waals surface area contributed by atoms with Crippen LogP contribution in [0, 0.1) is 6.92 Å². The van der Waals surface area contributed by atoms with E-state index in [0.29, 0.717) is 19.4 Å². The summed E-state index contributed by atoms with van der Waals surface area (Å²) in [5, 5.41) is 0. The summed E-state index contributed by atoms with van der Waals surface area (Å²) < 4.78 is 17.7. The van der Waals surface area contributed by atoms with Crippen molar-refractivity contribution in [3.63, 3.8) is 0 Å². The number of ether oxygens (including phenoxy) is 3. The highest BCUT2D eigenvalue weighted by Gasteiger charge is 2.15. The van der Waals surface area contributed by atoms with E-state index in [2.05, 4.69) is 48.8 Å². The van der Waals surface area contributed by atoms with Crippen LogP contribution in [0.2, 0.25) is 0 Å². The monoisotopic (exact) mass is 475 g/mol. The Hall–Kier alpha value is -3.35. The van der Waals surface area contributed by atoms with Gasteiger partial charge in [-0.05, 0) is 84.3 Å². The van der Waals surface area contributed by atoms with Crippen molar-refractivity contribution in [3.05, 3.63) is 83.4 Å². The van der Waals surface area contributed by atoms with Gasteiger partial charge in [0.1, 0.15) is 18.1 Å². The maximum atomic E-state index is 11.5. The van der Waals surface area contributed by atoms with Gasteiger partial charge < -0.3 is 19.0 Å². The van der Waals surface area contributed by atoms with E-state index in [0.717, 1.165) is 59.6 Å². The van der Waals surface area contributed by atoms with Gasteiger partial charge in [0.05, 0.1) is 13.0 Å². The average Bonchev–Trinajstić information content (AvgIpc) is 2.88. The molecule has 1 aliphatic heterocycles. The second kappa shape index (κ2) is 12.4. The van der Waals surface area contributed by atoms with Crippen molar-refractivity contribution in [3.8, 4) is 22.6 Å². The number of rotatable bonds is 10. The van der Waals surface area contributed by atoms with Crippen LogP contribution in [0.3, 0.4) is 0 Å². The number of carbonyl (C=O) groups is 1. The quantitative estimate of drug-likeness (QED) is 0.376. The largest absolute Gasteiger partial charge is 0.489 e. The zero-order valence-electron chi connectivity index (χ0n) is 20.4. The molecule has 4 rings (SSSR count). The van der Waals surface area contributed by atoms with Crippen LogP contribution in [0.15, 0.2) is 66.7 Å². The van der Waals surface area contributed by atoms with Crippen molar-refractivity contribution < 1.29 is 23.8 Å². The van der Waals surface area contributed by atoms with Crippen molar-refractivity contribution in [1.29, 1.82) is 0 Å². The summed E-state index contributed by atoms with van der Waals surface area (Å²) in [5.74, 6) is 1.36. The highest BCUT2D eigenvalue weighted by Crippen LogP contribution is 2.29. The molecule has 35 heavy (non-hydrogen) atoms. The lowest BCUT2D eigenvalue weighted by molar-refractivity contribution is -0.149. The summed E-state index contributed by atoms with van der Waals surface area (Å²) in [5.41, 5.74) is 8.03. The average molecular weight is 476 g/mol. The smallest absolute Gasteiger partial charge is 0.325 e. The highest BCUT2D eigenvalue weighted by molar-refractivity contribution is 5.69. The lowest BCUT2D eigenvalue weighted by Crippen LogP contribution is -2.24. The predicted molar refractivity (Wildman–Crippen MR) is 135 cm³/mol. The minimum Gasteiger partial charge on any atom is -0.489 e. The molecule has 1 N–H and O–H groups in total. The van der Waals surface area contributed by atoms with E-state index >= 15 is 0 Å². The highest BCUT2D eigenvalue weighted by atomic mass is 16.7. The molecule has 6 heteroatoms. The Labute approximate surface area is 207 Å². The van der Waals surface area contributed by atoms with Gasteiger partial charge in [-0.25, -0.2) is 0 Å². The van der Waals surface area contributed by atoms with E-state index in [1.54, 1.807) is 7.05 Å². The Morgan fingerprint density at radius 1 is 1.00 bits per heavy atom. The lowest BCUT2D eigenvalue weighted by Gasteiger charge is -2.23. The maximum Gasteiger partial charge on any atom is 0.325 e. The first kappa shape index (κ1) is 24.8. The zero-order chi connectivity index (χ0) is 24.5. The molecule has 3 aromatic carbocycles. The second-order valence-electron chi connectivity index (χ2n) is 8.70. The van der Waals surface area contributed by atoms with Gasteiger partial charge in [-0.3, -0.25) is 4.79 Å². The molecule has 184 valence electrons. The van der Waals surface area contributed by atoms with Gasteiger partial charge in [-0.1, -0.05) is 36.4 Å². The zero-order valence-corrected chi connectivity index (χ0v) is 20.4. The van der Waals surface area contributed by atoms with Crippen molar-refractivity contribution >= 4 is 5.97 Å². The van der Waals surface area contributed by atoms with Crippen LogP contribution in [-0.4, -0.2) is 25.9 Å². The lowest BCUT2D eigenvalue weighted by atomic mass is 9.99. The van der Waals surface area contributed by atoms with E-state index in [1.807, 2.05) is 30.3 Å². The Balaban J connectivity index is 1.34. The molecule has 1 heterocycles. The van der Waals surface area contributed by atoms with Crippen LogP contribution < -0.4 is 15.0 Å². The normalized spacial score (nSPS) is 15.4. The van der Waals surface area contributed by atoms with E-state index in [-0.39, 0.29) is 12.3 Å². The third-order valence-corrected chi connectivity index (χ3v) is 6.00. The van der Waals surface area contributed by atoms with Crippen LogP contribution >= 0.6 is 0 Å². The molecule has 1 atom stereocenters. The van der Waals surface area contributed by atoms with Gasteiger partial charge in [-0.2, -0.15) is 5.48 Å². The summed E-state index contributed by atoms with van der Waals surface area (Å²) in [6.07, 6.45) is 4.01. The molecule has 0 bridgehead atoms. The minimum absolute atomic E-state index is 0.140. The topological polar surface area (TPSA) is 66.0 Å². The van der Waals surface area contributed by atoms with Crippen LogP contribution in [0.25, 0.3) is 11.1 Å². The van der Waals surface area contributed by atoms with Crippen LogP contribution in [-0.2, 0) is 27.4 Å². The number of nitrogens with one attached hydrogen (secondary N) is 1. The van der Waals surface area contributed by atoms with Gasteiger partial charge in [0.2, 0.25) is 0 Å². The van der Waals surface area contributed by atoms with Gasteiger partial charge in [0, 0.05) is 13.5 Å². The summed E-state index contributed by atoms with van der Waals surface area (Å²) in [6.45, 7) is 3.35. The summed E-state index contributed by atoms with van der Waals surface area (Å²) in [4.78, 5) is 16.2. The number of carbonyl (C=O) groups excluding carboxylic acids is 1. The van der Waals surface area contributed by atoms with Crippen LogP contribution in [0.5, 0.6) is 11.5 Å². The SMILES string of the molecule is CNOC(=O)CCc1ccc(OCc2cccc(-c3ccc(OC4CCCCO4)cc3C)c2)cc1. The van der Waals surface area contributed by atoms with Crippen LogP contribution in [0.4, 0.5) is 0 Å². The first-order chi connectivity index (χ1) is 17.1. The standard InChI is InChI=1S/C29H33NO5/c1-21-18-26(34-29-8-3-4-17-32-29)14-15-27(21)24-7-5-6-23(19-24)20-33-25-12-9-22(10-13-25)11-16-28(31)35-30-2/h5-7,9-10,12-15,18-19,29-30H,3-4,8,11,16-17,20H2,1-2H3. The fourth-order valence-electron chi connectivity index (χ4n) is 4.15. The Kier molecular flexibility index (Phi) is 8.76. The summed E-state index contributed by atoms with van der Waals surface area (Å²) in [7, 11) is 1.57. The van der Waals surface area contributed by atoms with Gasteiger partial charge in [-0.15, -0.1) is 0 Å². The van der Waals surface area contributed by atoms with Crippen molar-refractivity contribution in [2.24, 2.45) is 0 Å². The van der Waals surface area contributed by atoms with Crippen molar-refractivity contribution in [2.75, 3.05) is 13.7 Å². The molecular weight excluding hydrogens is 442 g/mol. The molecule has 0 amide bonds. The third-order valence-electron chi connectivity index (χ3n) is 6.00. The summed E-state index contributed by atoms with van der Waals surface area (Å²) >= 11 is 0. The van der Waals surface area contributed by atoms with Gasteiger partial charge in [0.15, 0.2) is 6.29 Å². The maximum absolute atomic E-state index is 11.5. The molecule has 1 saturated heterocycles. The first-order valence-corrected chi connectivity index (χ1v) is 12.2. The predicted octanol–water partition coefficient (Wildman–Crippen LogP) is 5.76. The van der Waals surface area contributed by atoms with Crippen molar-refractivity contribution in [1.82, 2.24) is 5.48 Å². The molecular formula is C29H33NO5. The fraction of sp³-hybridized carbons (Fsp3) is 0.345. The molecule has 6 nitrogen and oxygen atoms in total. The van der Waals surface area contributed by atoms with E-state index in [1.165, 1.54) is 5.56 Å². The molecule has 0 aromatic heterocycles. The molecule has 1 aliphatic rings. The number of benzene rings is 3. The first-order valence-electron chi connectivity index (χ1n) is 12.2. The Morgan fingerprint density at radius 2 is 1.83 bits per heavy atom. The molecule has 1 unspecified atom stereocenters. The molecule has 1 fully saturated rings. The minimum atomic E-state index is -0.275. The third kappa shape index (κ3) is 7.31. The molecule has 0 radical (unpaired) electrons. The Bertz CT molecular complexity index is 1110. The van der Waals surface area contributed by atoms with E-state index in [9.17, 15) is 4.79 Å². The number of aryl methyl sites for hydroxylation is 2. The number of hydrogen-bond donors (Lipinski definition) is 1. The van der Waals surface area contributed by atoms with E-state index < -0.39 is 0 Å². The van der Waals surface area contributed by atoms with Crippen molar-refractivity contribution in [2.45, 2.75) is 51.9 Å². The second-order valence-corrected chi connectivity index (χ2v) is 8.70. The van der Waals surface area contributed by atoms with Gasteiger partial charge in [0.25, 0.3) is 0 Å². The number of hydroxylamine groups is 1. The molecule has 0 aliphatic carbocycles. The van der Waals surface area contributed by atoms with E-state index in [4.69, 9.17) is 19.0 Å².